The predicted molar refractivity (Wildman–Crippen MR) is 68.8 cm³/mol. The maximum absolute atomic E-state index is 10.5. The highest BCUT2D eigenvalue weighted by molar-refractivity contribution is 5.66. The molecule has 0 spiro atoms. The zero-order chi connectivity index (χ0) is 13.3. The van der Waals surface area contributed by atoms with Gasteiger partial charge in [0, 0.05) is 0 Å². The fourth-order valence-corrected chi connectivity index (χ4v) is 1.79. The third-order valence-electron chi connectivity index (χ3n) is 2.78. The number of aliphatic hydroxyl groups excluding tert-OH is 1. The van der Waals surface area contributed by atoms with Crippen LogP contribution in [0, 0.1) is 0 Å². The maximum atomic E-state index is 10.5. The number of carboxylic acids is 1. The van der Waals surface area contributed by atoms with E-state index < -0.39 is 5.97 Å². The van der Waals surface area contributed by atoms with Crippen molar-refractivity contribution in [1.82, 2.24) is 0 Å². The van der Waals surface area contributed by atoms with Crippen LogP contribution in [-0.2, 0) is 4.79 Å². The number of carbonyl (C=O) groups is 1. The summed E-state index contributed by atoms with van der Waals surface area (Å²) in [5.74, 6) is -0.779. The first-order valence-corrected chi connectivity index (χ1v) is 6.20. The zero-order valence-electron chi connectivity index (χ0n) is 11.2. The van der Waals surface area contributed by atoms with Crippen LogP contribution >= 0.6 is 0 Å². The van der Waals surface area contributed by atoms with E-state index in [0.29, 0.717) is 17.6 Å². The summed E-state index contributed by atoms with van der Waals surface area (Å²) < 4.78 is 0.553. The van der Waals surface area contributed by atoms with Gasteiger partial charge in [-0.1, -0.05) is 12.2 Å². The highest BCUT2D eigenvalue weighted by Crippen LogP contribution is 2.08. The highest BCUT2D eigenvalue weighted by Gasteiger charge is 2.21. The molecule has 0 fully saturated rings. The summed E-state index contributed by atoms with van der Waals surface area (Å²) in [6.07, 6.45) is 6.66. The number of unbranched alkanes of at least 4 members (excludes halogenated alkanes) is 1. The van der Waals surface area contributed by atoms with Crippen LogP contribution in [0.5, 0.6) is 0 Å². The number of quaternary nitrogens is 1. The molecule has 1 unspecified atom stereocenters. The number of carboxylic acid groups (broad SMARTS) is 1. The van der Waals surface area contributed by atoms with Crippen LogP contribution < -0.4 is 0 Å². The number of likely N-dealkylation sites (N-methyl/N-ethyl adjacent to an activating group) is 1. The molecule has 0 aliphatic rings. The third-order valence-corrected chi connectivity index (χ3v) is 2.78. The van der Waals surface area contributed by atoms with Gasteiger partial charge in [-0.05, 0) is 26.2 Å². The van der Waals surface area contributed by atoms with E-state index in [2.05, 4.69) is 6.08 Å². The van der Waals surface area contributed by atoms with Crippen LogP contribution in [-0.4, -0.2) is 54.0 Å². The number of aliphatic hydroxyl groups is 1. The molecule has 0 saturated carbocycles. The third kappa shape index (κ3) is 10.0. The van der Waals surface area contributed by atoms with Gasteiger partial charge in [-0.25, -0.2) is 0 Å². The minimum absolute atomic E-state index is 0.151. The van der Waals surface area contributed by atoms with Crippen molar-refractivity contribution in [3.8, 4) is 0 Å². The Kier molecular flexibility index (Phi) is 7.83. The molecule has 0 aliphatic carbocycles. The van der Waals surface area contributed by atoms with E-state index in [1.54, 1.807) is 0 Å². The molecule has 1 atom stereocenters. The second-order valence-electron chi connectivity index (χ2n) is 5.14. The van der Waals surface area contributed by atoms with Crippen LogP contribution in [0.1, 0.15) is 32.6 Å². The molecule has 0 saturated heterocycles. The lowest BCUT2D eigenvalue weighted by Crippen LogP contribution is -2.46. The molecular weight excluding hydrogens is 218 g/mol. The Balaban J connectivity index is 3.83. The van der Waals surface area contributed by atoms with E-state index in [9.17, 15) is 9.90 Å². The normalized spacial score (nSPS) is 14.1. The van der Waals surface area contributed by atoms with E-state index in [0.717, 1.165) is 19.3 Å². The van der Waals surface area contributed by atoms with E-state index >= 15 is 0 Å². The van der Waals surface area contributed by atoms with Gasteiger partial charge in [0.25, 0.3) is 0 Å². The lowest BCUT2D eigenvalue weighted by Gasteiger charge is -2.31. The number of nitrogens with zero attached hydrogens (tertiary/aromatic N) is 1. The van der Waals surface area contributed by atoms with Gasteiger partial charge in [0.05, 0.1) is 27.1 Å². The molecule has 4 heteroatoms. The number of hydrogen-bond donors (Lipinski definition) is 2. The van der Waals surface area contributed by atoms with Gasteiger partial charge in [0.2, 0.25) is 0 Å². The first kappa shape index (κ1) is 16.1. The SMILES string of the molecule is C/C=C/CCCC(O)C[N+](C)(C)CCC(=O)O. The fourth-order valence-electron chi connectivity index (χ4n) is 1.79. The highest BCUT2D eigenvalue weighted by atomic mass is 16.4. The van der Waals surface area contributed by atoms with Crippen LogP contribution in [0.3, 0.4) is 0 Å². The average Bonchev–Trinajstić information content (AvgIpc) is 2.21. The Hall–Kier alpha value is -0.870. The Morgan fingerprint density at radius 2 is 2.06 bits per heavy atom. The van der Waals surface area contributed by atoms with Crippen LogP contribution in [0.2, 0.25) is 0 Å². The first-order chi connectivity index (χ1) is 7.87. The Bertz CT molecular complexity index is 249. The van der Waals surface area contributed by atoms with E-state index in [4.69, 9.17) is 5.11 Å². The van der Waals surface area contributed by atoms with Crippen molar-refractivity contribution in [2.45, 2.75) is 38.7 Å². The summed E-state index contributed by atoms with van der Waals surface area (Å²) in [6.45, 7) is 3.16. The van der Waals surface area contributed by atoms with Crippen LogP contribution in [0.15, 0.2) is 12.2 Å². The number of hydrogen-bond acceptors (Lipinski definition) is 2. The van der Waals surface area contributed by atoms with Crippen LogP contribution in [0.25, 0.3) is 0 Å². The molecule has 0 aromatic carbocycles. The summed E-state index contributed by atoms with van der Waals surface area (Å²) in [4.78, 5) is 10.5. The second-order valence-corrected chi connectivity index (χ2v) is 5.14. The van der Waals surface area contributed by atoms with E-state index in [-0.39, 0.29) is 12.5 Å². The van der Waals surface area contributed by atoms with Gasteiger partial charge in [0.15, 0.2) is 0 Å². The summed E-state index contributed by atoms with van der Waals surface area (Å²) in [7, 11) is 3.91. The number of rotatable bonds is 9. The largest absolute Gasteiger partial charge is 0.481 e. The van der Waals surface area contributed by atoms with Crippen molar-refractivity contribution in [3.63, 3.8) is 0 Å². The van der Waals surface area contributed by atoms with Crippen LogP contribution in [0.4, 0.5) is 0 Å². The Morgan fingerprint density at radius 3 is 2.59 bits per heavy atom. The quantitative estimate of drug-likeness (QED) is 0.368. The van der Waals surface area contributed by atoms with Crippen molar-refractivity contribution < 1.29 is 19.5 Å². The summed E-state index contributed by atoms with van der Waals surface area (Å²) in [5, 5.41) is 18.5. The molecule has 4 nitrogen and oxygen atoms in total. The van der Waals surface area contributed by atoms with Gasteiger partial charge < -0.3 is 14.7 Å². The van der Waals surface area contributed by atoms with Gasteiger partial charge in [-0.15, -0.1) is 0 Å². The van der Waals surface area contributed by atoms with Crippen molar-refractivity contribution in [2.24, 2.45) is 0 Å². The molecular formula is C13H26NO3+. The molecule has 0 amide bonds. The monoisotopic (exact) mass is 244 g/mol. The van der Waals surface area contributed by atoms with E-state index in [1.165, 1.54) is 0 Å². The maximum Gasteiger partial charge on any atom is 0.309 e. The van der Waals surface area contributed by atoms with Gasteiger partial charge >= 0.3 is 5.97 Å². The summed E-state index contributed by atoms with van der Waals surface area (Å²) in [5.41, 5.74) is 0. The zero-order valence-corrected chi connectivity index (χ0v) is 11.2. The Labute approximate surface area is 104 Å². The molecule has 0 radical (unpaired) electrons. The van der Waals surface area contributed by atoms with Crippen molar-refractivity contribution in [2.75, 3.05) is 27.2 Å². The summed E-state index contributed by atoms with van der Waals surface area (Å²) >= 11 is 0. The average molecular weight is 244 g/mol. The molecule has 0 rings (SSSR count). The topological polar surface area (TPSA) is 57.5 Å². The molecule has 0 bridgehead atoms. The molecule has 0 aromatic rings. The Morgan fingerprint density at radius 1 is 1.41 bits per heavy atom. The van der Waals surface area contributed by atoms with Gasteiger partial charge in [0.1, 0.15) is 12.6 Å². The first-order valence-electron chi connectivity index (χ1n) is 6.20. The predicted octanol–water partition coefficient (Wildman–Crippen LogP) is 1.64. The van der Waals surface area contributed by atoms with Gasteiger partial charge in [-0.2, -0.15) is 0 Å². The smallest absolute Gasteiger partial charge is 0.309 e. The van der Waals surface area contributed by atoms with Crippen molar-refractivity contribution in [3.05, 3.63) is 12.2 Å². The van der Waals surface area contributed by atoms with Gasteiger partial charge in [-0.3, -0.25) is 4.79 Å². The lowest BCUT2D eigenvalue weighted by molar-refractivity contribution is -0.892. The van der Waals surface area contributed by atoms with Crippen molar-refractivity contribution >= 4 is 5.97 Å². The molecule has 17 heavy (non-hydrogen) atoms. The molecule has 0 heterocycles. The summed E-state index contributed by atoms with van der Waals surface area (Å²) in [6, 6.07) is 0. The minimum atomic E-state index is -0.779. The molecule has 100 valence electrons. The second kappa shape index (κ2) is 8.25. The minimum Gasteiger partial charge on any atom is -0.481 e. The van der Waals surface area contributed by atoms with Crippen molar-refractivity contribution in [1.29, 1.82) is 0 Å². The molecule has 2 N–H and O–H groups in total. The van der Waals surface area contributed by atoms with E-state index in [1.807, 2.05) is 27.1 Å². The lowest BCUT2D eigenvalue weighted by atomic mass is 10.1. The number of allylic oxidation sites excluding steroid dienone is 2. The number of aliphatic carboxylic acids is 1. The molecule has 0 aliphatic heterocycles. The fraction of sp³-hybridized carbons (Fsp3) is 0.769. The standard InChI is InChI=1S/C13H25NO3/c1-4-5-6-7-8-12(15)11-14(2,3)10-9-13(16)17/h4-5,12,15H,6-11H2,1-3H3/p+1/b5-4+. The molecule has 0 aromatic heterocycles.